The van der Waals surface area contributed by atoms with Crippen LogP contribution in [0, 0.1) is 0 Å². The third-order valence-electron chi connectivity index (χ3n) is 3.20. The Labute approximate surface area is 126 Å². The minimum Gasteiger partial charge on any atom is -0.393 e. The first-order chi connectivity index (χ1) is 8.88. The van der Waals surface area contributed by atoms with Crippen LogP contribution < -0.4 is 4.72 Å². The van der Waals surface area contributed by atoms with E-state index in [2.05, 4.69) is 20.7 Å². The molecule has 19 heavy (non-hydrogen) atoms. The van der Waals surface area contributed by atoms with Crippen molar-refractivity contribution in [1.82, 2.24) is 4.72 Å². The summed E-state index contributed by atoms with van der Waals surface area (Å²) < 4.78 is 27.9. The molecule has 4 nitrogen and oxygen atoms in total. The Kier molecular flexibility index (Phi) is 4.89. The maximum absolute atomic E-state index is 12.3. The molecule has 0 spiro atoms. The summed E-state index contributed by atoms with van der Waals surface area (Å²) in [5.41, 5.74) is 0. The zero-order valence-corrected chi connectivity index (χ0v) is 13.3. The molecule has 0 amide bonds. The van der Waals surface area contributed by atoms with Crippen LogP contribution in [0.3, 0.4) is 0 Å². The number of benzene rings is 1. The smallest absolute Gasteiger partial charge is 0.242 e. The van der Waals surface area contributed by atoms with Crippen LogP contribution in [0.25, 0.3) is 0 Å². The van der Waals surface area contributed by atoms with Crippen LogP contribution >= 0.6 is 27.5 Å². The molecule has 0 unspecified atom stereocenters. The highest BCUT2D eigenvalue weighted by Gasteiger charge is 2.26. The van der Waals surface area contributed by atoms with Gasteiger partial charge in [-0.05, 0) is 43.9 Å². The van der Waals surface area contributed by atoms with Crippen molar-refractivity contribution >= 4 is 37.6 Å². The van der Waals surface area contributed by atoms with E-state index in [4.69, 9.17) is 11.6 Å². The van der Waals surface area contributed by atoms with Gasteiger partial charge in [0, 0.05) is 10.5 Å². The maximum Gasteiger partial charge on any atom is 0.242 e. The molecular formula is C12H15BrClNO3S. The van der Waals surface area contributed by atoms with Crippen molar-refractivity contribution in [3.8, 4) is 0 Å². The van der Waals surface area contributed by atoms with Gasteiger partial charge < -0.3 is 5.11 Å². The lowest BCUT2D eigenvalue weighted by Crippen LogP contribution is -2.38. The average Bonchev–Trinajstić information content (AvgIpc) is 2.35. The van der Waals surface area contributed by atoms with Crippen molar-refractivity contribution in [3.63, 3.8) is 0 Å². The van der Waals surface area contributed by atoms with Crippen LogP contribution in [0.4, 0.5) is 0 Å². The summed E-state index contributed by atoms with van der Waals surface area (Å²) in [4.78, 5) is 0.0784. The Morgan fingerprint density at radius 2 is 1.89 bits per heavy atom. The number of nitrogens with one attached hydrogen (secondary N) is 1. The fourth-order valence-electron chi connectivity index (χ4n) is 2.16. The van der Waals surface area contributed by atoms with Crippen LogP contribution in [-0.4, -0.2) is 25.7 Å². The maximum atomic E-state index is 12.3. The van der Waals surface area contributed by atoms with Gasteiger partial charge in [0.1, 0.15) is 4.90 Å². The minimum absolute atomic E-state index is 0.0784. The molecule has 1 aromatic carbocycles. The van der Waals surface area contributed by atoms with E-state index in [1.54, 1.807) is 12.1 Å². The van der Waals surface area contributed by atoms with Crippen LogP contribution in [0.5, 0.6) is 0 Å². The number of aliphatic hydroxyl groups excluding tert-OH is 1. The van der Waals surface area contributed by atoms with Crippen molar-refractivity contribution < 1.29 is 13.5 Å². The summed E-state index contributed by atoms with van der Waals surface area (Å²) in [7, 11) is -3.62. The van der Waals surface area contributed by atoms with Gasteiger partial charge in [0.15, 0.2) is 0 Å². The number of aliphatic hydroxyl groups is 1. The third-order valence-corrected chi connectivity index (χ3v) is 5.70. The van der Waals surface area contributed by atoms with Gasteiger partial charge >= 0.3 is 0 Å². The Balaban J connectivity index is 2.16. The molecule has 1 aromatic rings. The second kappa shape index (κ2) is 6.10. The molecule has 2 rings (SSSR count). The van der Waals surface area contributed by atoms with E-state index in [1.807, 2.05) is 0 Å². The summed E-state index contributed by atoms with van der Waals surface area (Å²) in [6, 6.07) is 4.59. The first-order valence-electron chi connectivity index (χ1n) is 6.04. The first kappa shape index (κ1) is 15.3. The average molecular weight is 369 g/mol. The highest BCUT2D eigenvalue weighted by atomic mass is 79.9. The molecule has 106 valence electrons. The molecule has 0 aliphatic heterocycles. The summed E-state index contributed by atoms with van der Waals surface area (Å²) in [5.74, 6) is 0. The molecule has 7 heteroatoms. The molecule has 0 bridgehead atoms. The van der Waals surface area contributed by atoms with Gasteiger partial charge in [-0.1, -0.05) is 27.5 Å². The second-order valence-corrected chi connectivity index (χ2v) is 7.71. The predicted molar refractivity (Wildman–Crippen MR) is 77.7 cm³/mol. The van der Waals surface area contributed by atoms with Gasteiger partial charge in [-0.15, -0.1) is 0 Å². The van der Waals surface area contributed by atoms with E-state index in [1.165, 1.54) is 6.07 Å². The standard InChI is InChI=1S/C12H15BrClNO3S/c13-8-1-6-11(14)12(7-8)19(17,18)15-9-2-4-10(16)5-3-9/h1,6-7,9-10,15-16H,2-5H2. The zero-order chi connectivity index (χ0) is 14.0. The Hall–Kier alpha value is -0.140. The summed E-state index contributed by atoms with van der Waals surface area (Å²) in [6.45, 7) is 0. The lowest BCUT2D eigenvalue weighted by Gasteiger charge is -2.26. The Morgan fingerprint density at radius 1 is 1.26 bits per heavy atom. The van der Waals surface area contributed by atoms with Crippen molar-refractivity contribution in [2.45, 2.75) is 42.7 Å². The highest BCUT2D eigenvalue weighted by molar-refractivity contribution is 9.10. The largest absolute Gasteiger partial charge is 0.393 e. The Bertz CT molecular complexity index is 556. The molecule has 1 fully saturated rings. The number of hydrogen-bond acceptors (Lipinski definition) is 3. The van der Waals surface area contributed by atoms with E-state index in [-0.39, 0.29) is 22.1 Å². The zero-order valence-electron chi connectivity index (χ0n) is 10.1. The minimum atomic E-state index is -3.62. The molecule has 0 atom stereocenters. The normalized spacial score (nSPS) is 24.4. The van der Waals surface area contributed by atoms with E-state index in [9.17, 15) is 13.5 Å². The summed E-state index contributed by atoms with van der Waals surface area (Å²) in [5, 5.41) is 9.62. The molecule has 0 radical (unpaired) electrons. The summed E-state index contributed by atoms with van der Waals surface area (Å²) in [6.07, 6.45) is 2.23. The van der Waals surface area contributed by atoms with E-state index >= 15 is 0 Å². The number of sulfonamides is 1. The highest BCUT2D eigenvalue weighted by Crippen LogP contribution is 2.27. The molecule has 1 saturated carbocycles. The fourth-order valence-corrected chi connectivity index (χ4v) is 4.50. The van der Waals surface area contributed by atoms with Gasteiger partial charge in [0.05, 0.1) is 11.1 Å². The van der Waals surface area contributed by atoms with Crippen molar-refractivity contribution in [3.05, 3.63) is 27.7 Å². The predicted octanol–water partition coefficient (Wildman–Crippen LogP) is 2.68. The molecule has 0 aromatic heterocycles. The van der Waals surface area contributed by atoms with Crippen LogP contribution in [0.15, 0.2) is 27.6 Å². The van der Waals surface area contributed by atoms with Crippen LogP contribution in [-0.2, 0) is 10.0 Å². The third kappa shape index (κ3) is 3.92. The number of rotatable bonds is 3. The van der Waals surface area contributed by atoms with Crippen molar-refractivity contribution in [1.29, 1.82) is 0 Å². The van der Waals surface area contributed by atoms with Gasteiger partial charge in [0.25, 0.3) is 0 Å². The number of hydrogen-bond donors (Lipinski definition) is 2. The topological polar surface area (TPSA) is 66.4 Å². The molecular weight excluding hydrogens is 354 g/mol. The van der Waals surface area contributed by atoms with E-state index in [0.29, 0.717) is 30.2 Å². The van der Waals surface area contributed by atoms with E-state index < -0.39 is 10.0 Å². The quantitative estimate of drug-likeness (QED) is 0.862. The van der Waals surface area contributed by atoms with Crippen LogP contribution in [0.2, 0.25) is 5.02 Å². The van der Waals surface area contributed by atoms with Crippen molar-refractivity contribution in [2.24, 2.45) is 0 Å². The summed E-state index contributed by atoms with van der Waals surface area (Å²) >= 11 is 9.18. The van der Waals surface area contributed by atoms with Gasteiger partial charge in [-0.2, -0.15) is 0 Å². The molecule has 1 aliphatic rings. The molecule has 2 N–H and O–H groups in total. The monoisotopic (exact) mass is 367 g/mol. The lowest BCUT2D eigenvalue weighted by molar-refractivity contribution is 0.120. The molecule has 1 aliphatic carbocycles. The van der Waals surface area contributed by atoms with Crippen LogP contribution in [0.1, 0.15) is 25.7 Å². The fraction of sp³-hybridized carbons (Fsp3) is 0.500. The van der Waals surface area contributed by atoms with Crippen molar-refractivity contribution in [2.75, 3.05) is 0 Å². The van der Waals surface area contributed by atoms with Gasteiger partial charge in [-0.3, -0.25) is 0 Å². The first-order valence-corrected chi connectivity index (χ1v) is 8.69. The Morgan fingerprint density at radius 3 is 2.53 bits per heavy atom. The second-order valence-electron chi connectivity index (χ2n) is 4.70. The molecule has 0 saturated heterocycles. The van der Waals surface area contributed by atoms with Gasteiger partial charge in [-0.25, -0.2) is 13.1 Å². The number of halogens is 2. The lowest BCUT2D eigenvalue weighted by atomic mass is 9.94. The van der Waals surface area contributed by atoms with Gasteiger partial charge in [0.2, 0.25) is 10.0 Å². The molecule has 0 heterocycles. The SMILES string of the molecule is O=S(=O)(NC1CCC(O)CC1)c1cc(Br)ccc1Cl. The van der Waals surface area contributed by atoms with E-state index in [0.717, 1.165) is 0 Å².